The molecule has 1 N–H and O–H groups in total. The number of nitrogens with one attached hydrogen (secondary N) is 1. The van der Waals surface area contributed by atoms with Crippen molar-refractivity contribution in [2.24, 2.45) is 5.92 Å². The molecule has 5 nitrogen and oxygen atoms in total. The van der Waals surface area contributed by atoms with Crippen molar-refractivity contribution in [2.45, 2.75) is 32.0 Å². The molecule has 0 amide bonds. The Balaban J connectivity index is 1.94. The first kappa shape index (κ1) is 16.7. The molecule has 1 aromatic carbocycles. The minimum atomic E-state index is -4.75. The van der Waals surface area contributed by atoms with Crippen LogP contribution in [-0.2, 0) is 11.0 Å². The summed E-state index contributed by atoms with van der Waals surface area (Å²) in [6, 6.07) is 4.61. The number of carbonyl (C=O) groups excluding carboxylic acids is 1. The Morgan fingerprint density at radius 2 is 1.96 bits per heavy atom. The van der Waals surface area contributed by atoms with Crippen LogP contribution in [-0.4, -0.2) is 20.5 Å². The Labute approximate surface area is 145 Å². The lowest BCUT2D eigenvalue weighted by molar-refractivity contribution is -0.145. The van der Waals surface area contributed by atoms with Crippen LogP contribution in [0.2, 0.25) is 0 Å². The number of carbonyl (C=O) groups is 1. The lowest BCUT2D eigenvalue weighted by Gasteiger charge is -2.34. The fourth-order valence-electron chi connectivity index (χ4n) is 3.51. The van der Waals surface area contributed by atoms with E-state index in [1.54, 1.807) is 6.07 Å². The van der Waals surface area contributed by atoms with Crippen LogP contribution in [0.3, 0.4) is 0 Å². The molecule has 1 aromatic heterocycles. The highest BCUT2D eigenvalue weighted by Gasteiger charge is 2.43. The van der Waals surface area contributed by atoms with E-state index in [9.17, 15) is 22.4 Å². The van der Waals surface area contributed by atoms with Crippen LogP contribution in [0.4, 0.5) is 23.5 Å². The lowest BCUT2D eigenvalue weighted by atomic mass is 9.81. The second-order valence-electron chi connectivity index (χ2n) is 6.58. The zero-order valence-corrected chi connectivity index (χ0v) is 13.6. The maximum Gasteiger partial charge on any atom is 0.453 e. The molecule has 0 saturated carbocycles. The second kappa shape index (κ2) is 5.65. The van der Waals surface area contributed by atoms with Gasteiger partial charge in [0.15, 0.2) is 5.78 Å². The molecule has 0 spiro atoms. The molecule has 0 unspecified atom stereocenters. The molecule has 0 bridgehead atoms. The summed E-state index contributed by atoms with van der Waals surface area (Å²) in [5.41, 5.74) is 0.819. The van der Waals surface area contributed by atoms with E-state index in [1.165, 1.54) is 18.2 Å². The summed E-state index contributed by atoms with van der Waals surface area (Å²) in [4.78, 5) is 16.2. The third-order valence-electron chi connectivity index (χ3n) is 4.58. The monoisotopic (exact) mass is 366 g/mol. The van der Waals surface area contributed by atoms with Crippen molar-refractivity contribution in [1.82, 2.24) is 14.8 Å². The van der Waals surface area contributed by atoms with Crippen molar-refractivity contribution in [3.05, 3.63) is 52.7 Å². The summed E-state index contributed by atoms with van der Waals surface area (Å²) in [5, 5.41) is 6.33. The van der Waals surface area contributed by atoms with Crippen molar-refractivity contribution in [1.29, 1.82) is 0 Å². The van der Waals surface area contributed by atoms with Crippen molar-refractivity contribution in [2.75, 3.05) is 5.32 Å². The van der Waals surface area contributed by atoms with Gasteiger partial charge in [0, 0.05) is 23.3 Å². The van der Waals surface area contributed by atoms with E-state index in [0.29, 0.717) is 12.1 Å². The number of fused-ring (bicyclic) bond motifs is 1. The normalized spacial score (nSPS) is 22.7. The van der Waals surface area contributed by atoms with Gasteiger partial charge in [0.1, 0.15) is 11.9 Å². The molecular formula is C17H14F4N4O. The molecule has 1 aliphatic carbocycles. The van der Waals surface area contributed by atoms with Crippen LogP contribution < -0.4 is 5.32 Å². The Bertz CT molecular complexity index is 931. The first-order chi connectivity index (χ1) is 12.3. The van der Waals surface area contributed by atoms with Gasteiger partial charge in [0.2, 0.25) is 5.95 Å². The molecule has 0 fully saturated rings. The van der Waals surface area contributed by atoms with E-state index >= 15 is 0 Å². The zero-order chi connectivity index (χ0) is 18.6. The second-order valence-corrected chi connectivity index (χ2v) is 6.58. The predicted octanol–water partition coefficient (Wildman–Crippen LogP) is 3.70. The summed E-state index contributed by atoms with van der Waals surface area (Å²) >= 11 is 0. The number of rotatable bonds is 1. The number of aromatic nitrogens is 3. The van der Waals surface area contributed by atoms with Gasteiger partial charge < -0.3 is 5.32 Å². The van der Waals surface area contributed by atoms with E-state index in [4.69, 9.17) is 0 Å². The third-order valence-corrected chi connectivity index (χ3v) is 4.58. The minimum Gasteiger partial charge on any atom is -0.328 e. The number of benzene rings is 1. The van der Waals surface area contributed by atoms with Crippen LogP contribution in [0.5, 0.6) is 0 Å². The van der Waals surface area contributed by atoms with Crippen LogP contribution in [0.15, 0.2) is 35.5 Å². The number of anilines is 1. The number of alkyl halides is 3. The number of halogens is 4. The molecule has 4 rings (SSSR count). The number of Topliss-reactive ketones (excluding diaryl/α,β-unsaturated/α-hetero) is 1. The van der Waals surface area contributed by atoms with Gasteiger partial charge in [-0.15, -0.1) is 5.10 Å². The number of allylic oxidation sites excluding steroid dienone is 2. The first-order valence-corrected chi connectivity index (χ1v) is 8.07. The van der Waals surface area contributed by atoms with Crippen LogP contribution >= 0.6 is 0 Å². The molecule has 136 valence electrons. The Morgan fingerprint density at radius 3 is 2.65 bits per heavy atom. The maximum absolute atomic E-state index is 14.4. The van der Waals surface area contributed by atoms with Crippen LogP contribution in [0.1, 0.15) is 37.2 Å². The molecule has 2 atom stereocenters. The largest absolute Gasteiger partial charge is 0.453 e. The SMILES string of the molecule is C[C@@H]1CC(=O)C2=C(C1)Nc1nc(C(F)(F)F)nn1[C@H]2c1ccccc1F. The molecule has 9 heteroatoms. The Hall–Kier alpha value is -2.71. The molecule has 0 saturated heterocycles. The van der Waals surface area contributed by atoms with E-state index in [0.717, 1.165) is 4.68 Å². The van der Waals surface area contributed by atoms with Gasteiger partial charge in [-0.25, -0.2) is 9.07 Å². The van der Waals surface area contributed by atoms with Gasteiger partial charge >= 0.3 is 6.18 Å². The lowest BCUT2D eigenvalue weighted by Crippen LogP contribution is -2.34. The Morgan fingerprint density at radius 1 is 1.23 bits per heavy atom. The molecule has 0 radical (unpaired) electrons. The van der Waals surface area contributed by atoms with Gasteiger partial charge in [-0.1, -0.05) is 25.1 Å². The molecule has 1 aliphatic heterocycles. The van der Waals surface area contributed by atoms with Crippen molar-refractivity contribution in [3.63, 3.8) is 0 Å². The third kappa shape index (κ3) is 2.58. The molecule has 2 aliphatic rings. The highest BCUT2D eigenvalue weighted by Crippen LogP contribution is 2.42. The summed E-state index contributed by atoms with van der Waals surface area (Å²) in [6.45, 7) is 1.88. The van der Waals surface area contributed by atoms with Gasteiger partial charge in [0.05, 0.1) is 0 Å². The van der Waals surface area contributed by atoms with Gasteiger partial charge in [-0.05, 0) is 18.4 Å². The fraction of sp³-hybridized carbons (Fsp3) is 0.353. The number of nitrogens with zero attached hydrogens (tertiary/aromatic N) is 3. The molecule has 26 heavy (non-hydrogen) atoms. The predicted molar refractivity (Wildman–Crippen MR) is 83.6 cm³/mol. The standard InChI is InChI=1S/C17H14F4N4O/c1-8-6-11-13(12(26)7-8)14(9-4-2-3-5-10(9)18)25-16(22-11)23-15(24-25)17(19,20)21/h2-5,8,14H,6-7H2,1H3,(H,22,23,24)/t8-,14-/m0/s1. The van der Waals surface area contributed by atoms with Crippen LogP contribution in [0.25, 0.3) is 0 Å². The van der Waals surface area contributed by atoms with E-state index in [2.05, 4.69) is 15.4 Å². The maximum atomic E-state index is 14.4. The summed E-state index contributed by atoms with van der Waals surface area (Å²) < 4.78 is 54.6. The Kier molecular flexibility index (Phi) is 3.64. The van der Waals surface area contributed by atoms with Crippen molar-refractivity contribution < 1.29 is 22.4 Å². The minimum absolute atomic E-state index is 0.0339. The summed E-state index contributed by atoms with van der Waals surface area (Å²) in [6.07, 6.45) is -4.02. The zero-order valence-electron chi connectivity index (χ0n) is 13.6. The average molecular weight is 366 g/mol. The van der Waals surface area contributed by atoms with Crippen molar-refractivity contribution in [3.8, 4) is 0 Å². The van der Waals surface area contributed by atoms with Gasteiger partial charge in [0.25, 0.3) is 5.82 Å². The summed E-state index contributed by atoms with van der Waals surface area (Å²) in [5.74, 6) is -2.29. The smallest absolute Gasteiger partial charge is 0.328 e. The number of ketones is 1. The fourth-order valence-corrected chi connectivity index (χ4v) is 3.51. The van der Waals surface area contributed by atoms with E-state index < -0.39 is 23.9 Å². The number of hydrogen-bond acceptors (Lipinski definition) is 4. The van der Waals surface area contributed by atoms with E-state index in [-0.39, 0.29) is 35.2 Å². The molecular weight excluding hydrogens is 352 g/mol. The topological polar surface area (TPSA) is 59.8 Å². The first-order valence-electron chi connectivity index (χ1n) is 8.07. The van der Waals surface area contributed by atoms with Crippen LogP contribution in [0, 0.1) is 11.7 Å². The highest BCUT2D eigenvalue weighted by molar-refractivity contribution is 5.99. The van der Waals surface area contributed by atoms with Gasteiger partial charge in [-0.2, -0.15) is 18.2 Å². The summed E-state index contributed by atoms with van der Waals surface area (Å²) in [7, 11) is 0. The van der Waals surface area contributed by atoms with E-state index in [1.807, 2.05) is 6.92 Å². The van der Waals surface area contributed by atoms with Crippen molar-refractivity contribution >= 4 is 11.7 Å². The molecule has 2 aromatic rings. The number of hydrogen-bond donors (Lipinski definition) is 1. The molecule has 2 heterocycles. The average Bonchev–Trinajstić information content (AvgIpc) is 2.97. The quantitative estimate of drug-likeness (QED) is 0.782. The highest BCUT2D eigenvalue weighted by atomic mass is 19.4. The van der Waals surface area contributed by atoms with Gasteiger partial charge in [-0.3, -0.25) is 4.79 Å².